The first kappa shape index (κ1) is 29.6. The molecule has 0 saturated heterocycles. The Kier molecular flexibility index (Phi) is 9.01. The lowest BCUT2D eigenvalue weighted by atomic mass is 10.0. The first-order valence-electron chi connectivity index (χ1n) is 16.1. The van der Waals surface area contributed by atoms with Crippen LogP contribution in [-0.4, -0.2) is 0 Å². The maximum Gasteiger partial charge on any atom is 0.0462 e. The maximum absolute atomic E-state index is 3.47. The molecule has 2 heteroatoms. The molecule has 0 unspecified atom stereocenters. The fraction of sp³-hybridized carbons (Fsp3) is 0.0222. The molecule has 0 spiro atoms. The summed E-state index contributed by atoms with van der Waals surface area (Å²) >= 11 is 0. The number of nitrogens with one attached hydrogen (secondary N) is 1. The van der Waals surface area contributed by atoms with Crippen LogP contribution in [0.15, 0.2) is 176 Å². The molecule has 0 saturated carbocycles. The van der Waals surface area contributed by atoms with Gasteiger partial charge in [0.25, 0.3) is 0 Å². The molecule has 0 aliphatic rings. The molecule has 47 heavy (non-hydrogen) atoms. The van der Waals surface area contributed by atoms with Gasteiger partial charge in [0.05, 0.1) is 0 Å². The van der Waals surface area contributed by atoms with Crippen LogP contribution in [0.3, 0.4) is 0 Å². The van der Waals surface area contributed by atoms with Crippen molar-refractivity contribution in [2.45, 2.75) is 6.54 Å². The van der Waals surface area contributed by atoms with E-state index >= 15 is 0 Å². The Morgan fingerprint density at radius 3 is 1.30 bits per heavy atom. The van der Waals surface area contributed by atoms with Crippen LogP contribution >= 0.6 is 0 Å². The van der Waals surface area contributed by atoms with Gasteiger partial charge in [-0.05, 0) is 99.3 Å². The molecule has 1 N–H and O–H groups in total. The number of fused-ring (bicyclic) bond motifs is 1. The van der Waals surface area contributed by atoms with Crippen molar-refractivity contribution in [1.29, 1.82) is 0 Å². The highest BCUT2D eigenvalue weighted by molar-refractivity contribution is 5.89. The molecular formula is C45H36N2. The number of para-hydroxylation sites is 3. The molecule has 0 aliphatic heterocycles. The lowest BCUT2D eigenvalue weighted by Crippen LogP contribution is -2.09. The van der Waals surface area contributed by atoms with Crippen LogP contribution in [0.1, 0.15) is 27.8 Å². The third-order valence-electron chi connectivity index (χ3n) is 8.26. The van der Waals surface area contributed by atoms with Crippen molar-refractivity contribution >= 4 is 57.8 Å². The first-order chi connectivity index (χ1) is 23.3. The van der Waals surface area contributed by atoms with E-state index in [4.69, 9.17) is 0 Å². The predicted octanol–water partition coefficient (Wildman–Crippen LogP) is 12.3. The Labute approximate surface area is 277 Å². The lowest BCUT2D eigenvalue weighted by Gasteiger charge is -2.25. The molecule has 2 nitrogen and oxygen atoms in total. The van der Waals surface area contributed by atoms with Crippen molar-refractivity contribution in [3.05, 3.63) is 204 Å². The summed E-state index contributed by atoms with van der Waals surface area (Å²) in [5, 5.41) is 5.93. The van der Waals surface area contributed by atoms with Gasteiger partial charge in [0.2, 0.25) is 0 Å². The van der Waals surface area contributed by atoms with Crippen LogP contribution in [0.2, 0.25) is 0 Å². The number of benzene rings is 7. The molecule has 0 heterocycles. The number of rotatable bonds is 10. The minimum atomic E-state index is 0.810. The van der Waals surface area contributed by atoms with Crippen LogP contribution in [0.5, 0.6) is 0 Å². The smallest absolute Gasteiger partial charge is 0.0462 e. The second-order valence-electron chi connectivity index (χ2n) is 11.6. The Morgan fingerprint density at radius 1 is 0.383 bits per heavy atom. The average molecular weight is 605 g/mol. The van der Waals surface area contributed by atoms with E-state index in [0.29, 0.717) is 0 Å². The van der Waals surface area contributed by atoms with Crippen molar-refractivity contribution in [2.75, 3.05) is 10.2 Å². The Bertz CT molecular complexity index is 2060. The average Bonchev–Trinajstić information content (AvgIpc) is 3.14. The van der Waals surface area contributed by atoms with Gasteiger partial charge in [0.1, 0.15) is 0 Å². The molecule has 0 radical (unpaired) electrons. The minimum Gasteiger partial charge on any atom is -0.381 e. The minimum absolute atomic E-state index is 0.810. The zero-order chi connectivity index (χ0) is 31.7. The number of anilines is 4. The van der Waals surface area contributed by atoms with Crippen molar-refractivity contribution in [3.63, 3.8) is 0 Å². The molecule has 7 aromatic rings. The summed E-state index contributed by atoms with van der Waals surface area (Å²) in [6.45, 7) is 0.810. The molecule has 0 aromatic heterocycles. The van der Waals surface area contributed by atoms with Crippen molar-refractivity contribution < 1.29 is 0 Å². The van der Waals surface area contributed by atoms with Gasteiger partial charge in [0.15, 0.2) is 0 Å². The van der Waals surface area contributed by atoms with Crippen molar-refractivity contribution in [2.24, 2.45) is 0 Å². The molecule has 7 aromatic carbocycles. The van der Waals surface area contributed by atoms with E-state index in [1.165, 1.54) is 33.0 Å². The van der Waals surface area contributed by atoms with Gasteiger partial charge in [-0.1, -0.05) is 140 Å². The van der Waals surface area contributed by atoms with Gasteiger partial charge >= 0.3 is 0 Å². The highest BCUT2D eigenvalue weighted by Crippen LogP contribution is 2.34. The molecule has 0 bridgehead atoms. The molecule has 0 atom stereocenters. The summed E-state index contributed by atoms with van der Waals surface area (Å²) in [5.74, 6) is 0. The largest absolute Gasteiger partial charge is 0.381 e. The van der Waals surface area contributed by atoms with Gasteiger partial charge in [0, 0.05) is 29.3 Å². The fourth-order valence-electron chi connectivity index (χ4n) is 5.72. The number of nitrogens with zero attached hydrogens (tertiary/aromatic N) is 1. The zero-order valence-corrected chi connectivity index (χ0v) is 26.2. The monoisotopic (exact) mass is 604 g/mol. The van der Waals surface area contributed by atoms with E-state index in [1.54, 1.807) is 0 Å². The van der Waals surface area contributed by atoms with Crippen molar-refractivity contribution in [3.8, 4) is 0 Å². The molecule has 0 fully saturated rings. The van der Waals surface area contributed by atoms with Crippen molar-refractivity contribution in [1.82, 2.24) is 0 Å². The Hall–Kier alpha value is -6.12. The highest BCUT2D eigenvalue weighted by Gasteiger charge is 2.11. The predicted molar refractivity (Wildman–Crippen MR) is 203 cm³/mol. The summed E-state index contributed by atoms with van der Waals surface area (Å²) < 4.78 is 0. The number of hydrogen-bond acceptors (Lipinski definition) is 2. The quantitative estimate of drug-likeness (QED) is 0.156. The Morgan fingerprint density at radius 2 is 0.787 bits per heavy atom. The van der Waals surface area contributed by atoms with Gasteiger partial charge in [-0.25, -0.2) is 0 Å². The van der Waals surface area contributed by atoms with Gasteiger partial charge in [-0.15, -0.1) is 0 Å². The van der Waals surface area contributed by atoms with E-state index in [-0.39, 0.29) is 0 Å². The van der Waals surface area contributed by atoms with E-state index in [1.807, 2.05) is 18.2 Å². The molecule has 0 aliphatic carbocycles. The van der Waals surface area contributed by atoms with Crippen LogP contribution < -0.4 is 10.2 Å². The summed E-state index contributed by atoms with van der Waals surface area (Å²) in [5.41, 5.74) is 10.5. The van der Waals surface area contributed by atoms with Gasteiger partial charge in [-0.2, -0.15) is 0 Å². The fourth-order valence-corrected chi connectivity index (χ4v) is 5.72. The summed E-state index contributed by atoms with van der Waals surface area (Å²) in [4.78, 5) is 2.28. The molecule has 7 rings (SSSR count). The van der Waals surface area contributed by atoms with Crippen LogP contribution in [0.25, 0.3) is 35.1 Å². The number of hydrogen-bond donors (Lipinski definition) is 1. The molecule has 226 valence electrons. The molecular weight excluding hydrogens is 569 g/mol. The zero-order valence-electron chi connectivity index (χ0n) is 26.2. The van der Waals surface area contributed by atoms with Crippen LogP contribution in [0.4, 0.5) is 22.7 Å². The van der Waals surface area contributed by atoms with Gasteiger partial charge < -0.3 is 10.2 Å². The first-order valence-corrected chi connectivity index (χ1v) is 16.1. The summed E-state index contributed by atoms with van der Waals surface area (Å²) in [6, 6.07) is 62.1. The highest BCUT2D eigenvalue weighted by atomic mass is 15.1. The second kappa shape index (κ2) is 14.3. The van der Waals surface area contributed by atoms with Crippen LogP contribution in [0, 0.1) is 0 Å². The SMILES string of the molecule is C(=C\c1ccc2cc(/C=C/c3ccc(N(c4ccccc4)c4ccccc4)cc3)ccc2c1)/c1ccc(CNc2ccccc2)cc1. The topological polar surface area (TPSA) is 15.3 Å². The normalized spacial score (nSPS) is 11.3. The lowest BCUT2D eigenvalue weighted by molar-refractivity contribution is 1.15. The van der Waals surface area contributed by atoms with E-state index < -0.39 is 0 Å². The second-order valence-corrected chi connectivity index (χ2v) is 11.6. The maximum atomic E-state index is 3.47. The molecule has 0 amide bonds. The van der Waals surface area contributed by atoms with E-state index in [2.05, 4.69) is 192 Å². The van der Waals surface area contributed by atoms with E-state index in [0.717, 1.165) is 34.9 Å². The van der Waals surface area contributed by atoms with Gasteiger partial charge in [-0.3, -0.25) is 0 Å². The van der Waals surface area contributed by atoms with E-state index in [9.17, 15) is 0 Å². The summed E-state index contributed by atoms with van der Waals surface area (Å²) in [6.07, 6.45) is 8.73. The van der Waals surface area contributed by atoms with Crippen LogP contribution in [-0.2, 0) is 6.54 Å². The Balaban J connectivity index is 1.00. The third-order valence-corrected chi connectivity index (χ3v) is 8.26. The summed E-state index contributed by atoms with van der Waals surface area (Å²) in [7, 11) is 0. The third kappa shape index (κ3) is 7.58. The standard InChI is InChI=1S/C45H36N2/c1-4-10-42(11-5-1)46-34-39-22-18-35(19-23-39)16-20-37-24-28-41-33-38(25-29-40(41)32-37)21-17-36-26-30-45(31-27-36)47(43-12-6-2-7-13-43)44-14-8-3-9-15-44/h1-33,46H,34H2/b20-16+,21-17+.